The number of carbonyl (C=O) groups excluding carboxylic acids is 2. The Labute approximate surface area is 135 Å². The zero-order valence-electron chi connectivity index (χ0n) is 13.2. The summed E-state index contributed by atoms with van der Waals surface area (Å²) in [7, 11) is -3.74. The Bertz CT molecular complexity index is 560. The second-order valence-corrected chi connectivity index (χ2v) is 7.70. The Morgan fingerprint density at radius 1 is 1.30 bits per heavy atom. The van der Waals surface area contributed by atoms with Crippen LogP contribution in [0.25, 0.3) is 0 Å². The minimum absolute atomic E-state index is 0.0917. The smallest absolute Gasteiger partial charge is 0.308 e. The van der Waals surface area contributed by atoms with Gasteiger partial charge in [-0.15, -0.1) is 0 Å². The number of aliphatic carboxylic acids is 1. The summed E-state index contributed by atoms with van der Waals surface area (Å²) in [6, 6.07) is -0.0917. The van der Waals surface area contributed by atoms with Crippen molar-refractivity contribution < 1.29 is 27.9 Å². The van der Waals surface area contributed by atoms with Crippen molar-refractivity contribution in [3.8, 4) is 0 Å². The van der Waals surface area contributed by atoms with Gasteiger partial charge in [0, 0.05) is 25.6 Å². The van der Waals surface area contributed by atoms with Gasteiger partial charge in [0.15, 0.2) is 0 Å². The number of likely N-dealkylation sites (tertiary alicyclic amines) is 1. The summed E-state index contributed by atoms with van der Waals surface area (Å²) in [5.41, 5.74) is 0. The van der Waals surface area contributed by atoms with Crippen LogP contribution in [-0.4, -0.2) is 67.6 Å². The normalized spacial score (nSPS) is 18.2. The van der Waals surface area contributed by atoms with Crippen molar-refractivity contribution in [1.82, 2.24) is 14.9 Å². The quantitative estimate of drug-likeness (QED) is 0.502. The second kappa shape index (κ2) is 8.25. The molecule has 1 fully saturated rings. The van der Waals surface area contributed by atoms with Gasteiger partial charge in [0.25, 0.3) is 0 Å². The molecule has 0 saturated carbocycles. The molecule has 0 aromatic heterocycles. The molecule has 10 heteroatoms. The number of sulfonamides is 1. The van der Waals surface area contributed by atoms with Crippen molar-refractivity contribution in [2.24, 2.45) is 5.92 Å². The number of amides is 2. The topological polar surface area (TPSA) is 133 Å². The van der Waals surface area contributed by atoms with Crippen LogP contribution in [0.4, 0.5) is 0 Å². The van der Waals surface area contributed by atoms with Crippen molar-refractivity contribution in [2.75, 3.05) is 25.4 Å². The van der Waals surface area contributed by atoms with E-state index in [0.29, 0.717) is 13.0 Å². The zero-order chi connectivity index (χ0) is 17.6. The van der Waals surface area contributed by atoms with Gasteiger partial charge >= 0.3 is 5.97 Å². The summed E-state index contributed by atoms with van der Waals surface area (Å²) >= 11 is 0. The highest BCUT2D eigenvalue weighted by atomic mass is 32.2. The molecule has 0 bridgehead atoms. The van der Waals surface area contributed by atoms with Gasteiger partial charge in [0.1, 0.15) is 0 Å². The molecule has 0 aromatic carbocycles. The van der Waals surface area contributed by atoms with E-state index in [9.17, 15) is 22.8 Å². The molecule has 1 saturated heterocycles. The molecule has 1 rings (SSSR count). The molecular weight excluding hydrogens is 326 g/mol. The van der Waals surface area contributed by atoms with E-state index in [1.54, 1.807) is 13.8 Å². The van der Waals surface area contributed by atoms with Crippen LogP contribution in [0.2, 0.25) is 0 Å². The summed E-state index contributed by atoms with van der Waals surface area (Å²) in [6.07, 6.45) is 0.134. The molecule has 23 heavy (non-hydrogen) atoms. The highest BCUT2D eigenvalue weighted by Gasteiger charge is 2.31. The van der Waals surface area contributed by atoms with E-state index < -0.39 is 39.5 Å². The SMILES string of the molecule is CC(C)NC(=O)CNS(=O)(=O)CCC(=O)N1CCC(C(=O)O)C1. The van der Waals surface area contributed by atoms with Gasteiger partial charge in [-0.2, -0.15) is 0 Å². The van der Waals surface area contributed by atoms with Gasteiger partial charge in [-0.05, 0) is 20.3 Å². The summed E-state index contributed by atoms with van der Waals surface area (Å²) in [5.74, 6) is -2.82. The number of hydrogen-bond donors (Lipinski definition) is 3. The molecule has 1 aliphatic rings. The summed E-state index contributed by atoms with van der Waals surface area (Å²) in [4.78, 5) is 35.5. The van der Waals surface area contributed by atoms with E-state index >= 15 is 0 Å². The van der Waals surface area contributed by atoms with Crippen LogP contribution in [0.1, 0.15) is 26.7 Å². The van der Waals surface area contributed by atoms with Crippen molar-refractivity contribution in [3.05, 3.63) is 0 Å². The highest BCUT2D eigenvalue weighted by Crippen LogP contribution is 2.17. The second-order valence-electron chi connectivity index (χ2n) is 5.78. The number of nitrogens with zero attached hydrogens (tertiary/aromatic N) is 1. The molecule has 1 heterocycles. The Kier molecular flexibility index (Phi) is 6.95. The molecule has 0 spiro atoms. The van der Waals surface area contributed by atoms with Gasteiger partial charge in [0.05, 0.1) is 18.2 Å². The third-order valence-corrected chi connectivity index (χ3v) is 4.70. The van der Waals surface area contributed by atoms with Crippen molar-refractivity contribution in [2.45, 2.75) is 32.7 Å². The number of rotatable bonds is 8. The van der Waals surface area contributed by atoms with Crippen molar-refractivity contribution >= 4 is 27.8 Å². The lowest BCUT2D eigenvalue weighted by Crippen LogP contribution is -2.41. The molecule has 9 nitrogen and oxygen atoms in total. The van der Waals surface area contributed by atoms with E-state index in [4.69, 9.17) is 5.11 Å². The fraction of sp³-hybridized carbons (Fsp3) is 0.769. The van der Waals surface area contributed by atoms with E-state index in [-0.39, 0.29) is 25.6 Å². The minimum atomic E-state index is -3.74. The molecule has 0 aliphatic carbocycles. The molecule has 1 atom stereocenters. The Hall–Kier alpha value is -1.68. The molecule has 132 valence electrons. The Balaban J connectivity index is 2.37. The maximum atomic E-state index is 11.9. The fourth-order valence-corrected chi connectivity index (χ4v) is 3.13. The number of carboxylic acids is 1. The zero-order valence-corrected chi connectivity index (χ0v) is 14.1. The average Bonchev–Trinajstić information content (AvgIpc) is 2.92. The lowest BCUT2D eigenvalue weighted by atomic mass is 10.1. The van der Waals surface area contributed by atoms with Crippen LogP contribution in [0.3, 0.4) is 0 Å². The molecule has 1 unspecified atom stereocenters. The number of hydrogen-bond acceptors (Lipinski definition) is 5. The van der Waals surface area contributed by atoms with Gasteiger partial charge < -0.3 is 15.3 Å². The first kappa shape index (κ1) is 19.4. The lowest BCUT2D eigenvalue weighted by molar-refractivity contribution is -0.141. The van der Waals surface area contributed by atoms with Gasteiger partial charge in [-0.25, -0.2) is 13.1 Å². The van der Waals surface area contributed by atoms with Crippen LogP contribution in [0.15, 0.2) is 0 Å². The van der Waals surface area contributed by atoms with Gasteiger partial charge in [-0.3, -0.25) is 14.4 Å². The molecule has 2 amide bonds. The molecule has 0 aromatic rings. The third kappa shape index (κ3) is 6.95. The van der Waals surface area contributed by atoms with E-state index in [2.05, 4.69) is 10.0 Å². The summed E-state index contributed by atoms with van der Waals surface area (Å²) in [5, 5.41) is 11.4. The summed E-state index contributed by atoms with van der Waals surface area (Å²) in [6.45, 7) is 3.56. The molecular formula is C13H23N3O6S. The maximum absolute atomic E-state index is 11.9. The van der Waals surface area contributed by atoms with E-state index in [1.807, 2.05) is 0 Å². The van der Waals surface area contributed by atoms with Crippen LogP contribution in [0, 0.1) is 5.92 Å². The van der Waals surface area contributed by atoms with Crippen LogP contribution >= 0.6 is 0 Å². The van der Waals surface area contributed by atoms with Crippen LogP contribution in [-0.2, 0) is 24.4 Å². The molecule has 0 radical (unpaired) electrons. The molecule has 3 N–H and O–H groups in total. The maximum Gasteiger partial charge on any atom is 0.308 e. The van der Waals surface area contributed by atoms with Gasteiger partial charge in [-0.1, -0.05) is 0 Å². The van der Waals surface area contributed by atoms with Crippen molar-refractivity contribution in [1.29, 1.82) is 0 Å². The standard InChI is InChI=1S/C13H23N3O6S/c1-9(2)15-11(17)7-14-23(21,22)6-4-12(18)16-5-3-10(8-16)13(19)20/h9-10,14H,3-8H2,1-2H3,(H,15,17)(H,19,20). The fourth-order valence-electron chi connectivity index (χ4n) is 2.19. The summed E-state index contributed by atoms with van der Waals surface area (Å²) < 4.78 is 25.6. The largest absolute Gasteiger partial charge is 0.481 e. The first-order valence-electron chi connectivity index (χ1n) is 7.38. The predicted octanol–water partition coefficient (Wildman–Crippen LogP) is -1.25. The van der Waals surface area contributed by atoms with Gasteiger partial charge in [0.2, 0.25) is 21.8 Å². The van der Waals surface area contributed by atoms with E-state index in [0.717, 1.165) is 0 Å². The third-order valence-electron chi connectivity index (χ3n) is 3.38. The van der Waals surface area contributed by atoms with Crippen LogP contribution < -0.4 is 10.0 Å². The Morgan fingerprint density at radius 2 is 1.96 bits per heavy atom. The van der Waals surface area contributed by atoms with Crippen molar-refractivity contribution in [3.63, 3.8) is 0 Å². The lowest BCUT2D eigenvalue weighted by Gasteiger charge is -2.16. The minimum Gasteiger partial charge on any atom is -0.481 e. The first-order valence-corrected chi connectivity index (χ1v) is 9.03. The highest BCUT2D eigenvalue weighted by molar-refractivity contribution is 7.89. The predicted molar refractivity (Wildman–Crippen MR) is 82.0 cm³/mol. The number of nitrogens with one attached hydrogen (secondary N) is 2. The number of carboxylic acid groups (broad SMARTS) is 1. The Morgan fingerprint density at radius 3 is 2.48 bits per heavy atom. The average molecular weight is 349 g/mol. The number of carbonyl (C=O) groups is 3. The monoisotopic (exact) mass is 349 g/mol. The van der Waals surface area contributed by atoms with Crippen LogP contribution in [0.5, 0.6) is 0 Å². The van der Waals surface area contributed by atoms with E-state index in [1.165, 1.54) is 4.90 Å². The first-order chi connectivity index (χ1) is 10.6. The molecule has 1 aliphatic heterocycles.